The fourth-order valence-electron chi connectivity index (χ4n) is 2.11. The molecule has 2 nitrogen and oxygen atoms in total. The van der Waals surface area contributed by atoms with Gasteiger partial charge in [-0.15, -0.1) is 0 Å². The third-order valence-corrected chi connectivity index (χ3v) is 3.77. The Bertz CT molecular complexity index is 318. The minimum Gasteiger partial charge on any atom is -0.329 e. The molecule has 1 aromatic rings. The van der Waals surface area contributed by atoms with Gasteiger partial charge in [-0.2, -0.15) is 0 Å². The van der Waals surface area contributed by atoms with Crippen molar-refractivity contribution in [2.45, 2.75) is 45.7 Å². The maximum Gasteiger partial charge on any atom is 0.0470 e. The van der Waals surface area contributed by atoms with Crippen LogP contribution in [-0.4, -0.2) is 24.5 Å². The van der Waals surface area contributed by atoms with Crippen molar-refractivity contribution in [3.8, 4) is 0 Å². The van der Waals surface area contributed by atoms with Crippen molar-refractivity contribution in [3.63, 3.8) is 0 Å². The molecule has 0 saturated heterocycles. The van der Waals surface area contributed by atoms with E-state index in [2.05, 4.69) is 57.0 Å². The number of hydrogen-bond donors (Lipinski definition) is 1. The Hall–Kier alpha value is -0.860. The zero-order valence-corrected chi connectivity index (χ0v) is 11.6. The van der Waals surface area contributed by atoms with E-state index in [4.69, 9.17) is 5.73 Å². The van der Waals surface area contributed by atoms with E-state index in [0.29, 0.717) is 18.6 Å². The van der Waals surface area contributed by atoms with E-state index in [1.165, 1.54) is 11.1 Å². The highest BCUT2D eigenvalue weighted by atomic mass is 15.2. The van der Waals surface area contributed by atoms with E-state index in [9.17, 15) is 0 Å². The largest absolute Gasteiger partial charge is 0.329 e. The van der Waals surface area contributed by atoms with Crippen LogP contribution in [-0.2, 0) is 6.42 Å². The molecule has 0 spiro atoms. The predicted octanol–water partition coefficient (Wildman–Crippen LogP) is 2.98. The quantitative estimate of drug-likeness (QED) is 0.820. The predicted molar refractivity (Wildman–Crippen MR) is 75.1 cm³/mol. The van der Waals surface area contributed by atoms with Crippen molar-refractivity contribution in [1.29, 1.82) is 0 Å². The lowest BCUT2D eigenvalue weighted by Gasteiger charge is -2.32. The van der Waals surface area contributed by atoms with Crippen LogP contribution in [0.4, 0.5) is 0 Å². The van der Waals surface area contributed by atoms with Crippen LogP contribution in [0.3, 0.4) is 0 Å². The van der Waals surface area contributed by atoms with Gasteiger partial charge in [-0.25, -0.2) is 0 Å². The van der Waals surface area contributed by atoms with Gasteiger partial charge >= 0.3 is 0 Å². The lowest BCUT2D eigenvalue weighted by atomic mass is 10.0. The first-order valence-corrected chi connectivity index (χ1v) is 6.64. The van der Waals surface area contributed by atoms with E-state index in [1.54, 1.807) is 0 Å². The van der Waals surface area contributed by atoms with Crippen LogP contribution in [0.1, 0.15) is 44.4 Å². The summed E-state index contributed by atoms with van der Waals surface area (Å²) in [6.45, 7) is 7.32. The molecular weight excluding hydrogens is 208 g/mol. The van der Waals surface area contributed by atoms with Crippen molar-refractivity contribution < 1.29 is 0 Å². The summed E-state index contributed by atoms with van der Waals surface area (Å²) in [5.41, 5.74) is 8.64. The Morgan fingerprint density at radius 3 is 2.18 bits per heavy atom. The van der Waals surface area contributed by atoms with Gasteiger partial charge in [0.2, 0.25) is 0 Å². The first-order chi connectivity index (χ1) is 8.13. The molecule has 17 heavy (non-hydrogen) atoms. The van der Waals surface area contributed by atoms with Gasteiger partial charge in [-0.1, -0.05) is 38.1 Å². The third-order valence-electron chi connectivity index (χ3n) is 3.77. The molecule has 0 heterocycles. The summed E-state index contributed by atoms with van der Waals surface area (Å²) in [6, 6.07) is 9.75. The molecule has 96 valence electrons. The Morgan fingerprint density at radius 1 is 1.18 bits per heavy atom. The van der Waals surface area contributed by atoms with Crippen LogP contribution in [0.2, 0.25) is 0 Å². The van der Waals surface area contributed by atoms with E-state index in [1.807, 2.05) is 0 Å². The molecule has 0 aromatic heterocycles. The number of likely N-dealkylation sites (N-methyl/N-ethyl adjacent to an activating group) is 1. The molecule has 2 heteroatoms. The summed E-state index contributed by atoms with van der Waals surface area (Å²) in [6.07, 6.45) is 2.24. The molecule has 2 atom stereocenters. The van der Waals surface area contributed by atoms with E-state index < -0.39 is 0 Å². The fraction of sp³-hybridized carbons (Fsp3) is 0.600. The molecule has 0 fully saturated rings. The zero-order chi connectivity index (χ0) is 12.8. The van der Waals surface area contributed by atoms with Gasteiger partial charge in [0.25, 0.3) is 0 Å². The minimum atomic E-state index is 0.329. The van der Waals surface area contributed by atoms with Gasteiger partial charge < -0.3 is 5.73 Å². The number of aryl methyl sites for hydroxylation is 1. The molecule has 0 saturated carbocycles. The summed E-state index contributed by atoms with van der Waals surface area (Å²) >= 11 is 0. The van der Waals surface area contributed by atoms with Crippen LogP contribution in [0.15, 0.2) is 24.3 Å². The molecule has 0 aliphatic rings. The van der Waals surface area contributed by atoms with Crippen LogP contribution in [0, 0.1) is 0 Å². The van der Waals surface area contributed by atoms with E-state index >= 15 is 0 Å². The third kappa shape index (κ3) is 3.55. The van der Waals surface area contributed by atoms with E-state index in [0.717, 1.165) is 12.8 Å². The molecule has 0 radical (unpaired) electrons. The standard InChI is InChI=1S/C15H26N2/c1-5-12(3)17(4)15(11-16)14-9-7-13(6-2)8-10-14/h7-10,12,15H,5-6,11,16H2,1-4H3. The number of rotatable bonds is 6. The van der Waals surface area contributed by atoms with Gasteiger partial charge in [-0.3, -0.25) is 4.90 Å². The summed E-state index contributed by atoms with van der Waals surface area (Å²) in [5, 5.41) is 0. The topological polar surface area (TPSA) is 29.3 Å². The second-order valence-electron chi connectivity index (χ2n) is 4.77. The molecule has 0 bridgehead atoms. The Labute approximate surface area is 106 Å². The number of nitrogens with two attached hydrogens (primary N) is 1. The van der Waals surface area contributed by atoms with Crippen LogP contribution in [0.25, 0.3) is 0 Å². The van der Waals surface area contributed by atoms with E-state index in [-0.39, 0.29) is 0 Å². The van der Waals surface area contributed by atoms with Crippen molar-refractivity contribution in [2.75, 3.05) is 13.6 Å². The summed E-state index contributed by atoms with van der Waals surface area (Å²) in [4.78, 5) is 2.38. The Morgan fingerprint density at radius 2 is 1.76 bits per heavy atom. The molecule has 1 aromatic carbocycles. The first-order valence-electron chi connectivity index (χ1n) is 6.64. The number of hydrogen-bond acceptors (Lipinski definition) is 2. The summed E-state index contributed by atoms with van der Waals surface area (Å²) in [7, 11) is 2.17. The lowest BCUT2D eigenvalue weighted by molar-refractivity contribution is 0.184. The molecular formula is C15H26N2. The van der Waals surface area contributed by atoms with Crippen molar-refractivity contribution in [1.82, 2.24) is 4.90 Å². The molecule has 0 amide bonds. The number of nitrogens with zero attached hydrogens (tertiary/aromatic N) is 1. The van der Waals surface area contributed by atoms with Crippen LogP contribution in [0.5, 0.6) is 0 Å². The first kappa shape index (κ1) is 14.2. The minimum absolute atomic E-state index is 0.329. The van der Waals surface area contributed by atoms with Crippen LogP contribution < -0.4 is 5.73 Å². The van der Waals surface area contributed by atoms with Gasteiger partial charge in [0.05, 0.1) is 0 Å². The Balaban J connectivity index is 2.85. The second kappa shape index (κ2) is 6.77. The highest BCUT2D eigenvalue weighted by Gasteiger charge is 2.18. The smallest absolute Gasteiger partial charge is 0.0470 e. The molecule has 0 aliphatic heterocycles. The van der Waals surface area contributed by atoms with Gasteiger partial charge in [0.15, 0.2) is 0 Å². The molecule has 2 N–H and O–H groups in total. The molecule has 2 unspecified atom stereocenters. The SMILES string of the molecule is CCc1ccc(C(CN)N(C)C(C)CC)cc1. The molecule has 0 aliphatic carbocycles. The maximum absolute atomic E-state index is 5.93. The Kier molecular flexibility index (Phi) is 5.66. The average molecular weight is 234 g/mol. The monoisotopic (exact) mass is 234 g/mol. The lowest BCUT2D eigenvalue weighted by Crippen LogP contribution is -2.36. The summed E-state index contributed by atoms with van der Waals surface area (Å²) < 4.78 is 0. The second-order valence-corrected chi connectivity index (χ2v) is 4.77. The fourth-order valence-corrected chi connectivity index (χ4v) is 2.11. The van der Waals surface area contributed by atoms with Crippen molar-refractivity contribution in [2.24, 2.45) is 5.73 Å². The van der Waals surface area contributed by atoms with Crippen molar-refractivity contribution in [3.05, 3.63) is 35.4 Å². The highest BCUT2D eigenvalue weighted by Crippen LogP contribution is 2.21. The van der Waals surface area contributed by atoms with Gasteiger partial charge in [0.1, 0.15) is 0 Å². The van der Waals surface area contributed by atoms with Crippen molar-refractivity contribution >= 4 is 0 Å². The molecule has 1 rings (SSSR count). The maximum atomic E-state index is 5.93. The van der Waals surface area contributed by atoms with Gasteiger partial charge in [0, 0.05) is 18.6 Å². The average Bonchev–Trinajstić information content (AvgIpc) is 2.39. The van der Waals surface area contributed by atoms with Gasteiger partial charge in [-0.05, 0) is 37.9 Å². The summed E-state index contributed by atoms with van der Waals surface area (Å²) in [5.74, 6) is 0. The highest BCUT2D eigenvalue weighted by molar-refractivity contribution is 5.25. The normalized spacial score (nSPS) is 14.9. The number of benzene rings is 1. The zero-order valence-electron chi connectivity index (χ0n) is 11.6. The van der Waals surface area contributed by atoms with Crippen LogP contribution >= 0.6 is 0 Å².